The second-order valence-corrected chi connectivity index (χ2v) is 7.73. The molecule has 1 unspecified atom stereocenters. The molecular formula is C25H22FN7O. The number of H-pyrrole nitrogens is 1. The smallest absolute Gasteiger partial charge is 0.255 e. The molecule has 2 aromatic heterocycles. The predicted octanol–water partition coefficient (Wildman–Crippen LogP) is 4.17. The number of pyridine rings is 1. The van der Waals surface area contributed by atoms with Gasteiger partial charge in [-0.25, -0.2) is 9.37 Å². The fraction of sp³-hybridized carbons (Fsp3) is 0.120. The van der Waals surface area contributed by atoms with Gasteiger partial charge in [-0.3, -0.25) is 9.89 Å². The summed E-state index contributed by atoms with van der Waals surface area (Å²) in [6.45, 7) is 2.21. The predicted molar refractivity (Wildman–Crippen MR) is 127 cm³/mol. The summed E-state index contributed by atoms with van der Waals surface area (Å²) in [5.41, 5.74) is 9.86. The van der Waals surface area contributed by atoms with Gasteiger partial charge in [0.2, 0.25) is 0 Å². The molecule has 4 aromatic rings. The number of rotatable bonds is 7. The number of benzene rings is 2. The van der Waals surface area contributed by atoms with Crippen molar-refractivity contribution in [3.63, 3.8) is 0 Å². The summed E-state index contributed by atoms with van der Waals surface area (Å²) < 4.78 is 13.2. The Labute approximate surface area is 195 Å². The molecule has 0 aliphatic carbocycles. The molecule has 0 radical (unpaired) electrons. The van der Waals surface area contributed by atoms with Crippen LogP contribution in [-0.4, -0.2) is 21.1 Å². The van der Waals surface area contributed by atoms with Gasteiger partial charge in [0.05, 0.1) is 23.4 Å². The Balaban J connectivity index is 1.49. The summed E-state index contributed by atoms with van der Waals surface area (Å²) in [6.07, 6.45) is 3.08. The molecule has 2 heterocycles. The highest BCUT2D eigenvalue weighted by Crippen LogP contribution is 2.24. The minimum absolute atomic E-state index is 0.246. The van der Waals surface area contributed by atoms with Gasteiger partial charge in [-0.15, -0.1) is 0 Å². The molecule has 0 bridgehead atoms. The number of hydrogen-bond acceptors (Lipinski definition) is 6. The Hall–Kier alpha value is -4.71. The third-order valence-electron chi connectivity index (χ3n) is 5.37. The molecular weight excluding hydrogens is 433 g/mol. The molecule has 2 aromatic carbocycles. The van der Waals surface area contributed by atoms with E-state index < -0.39 is 5.91 Å². The van der Waals surface area contributed by atoms with E-state index in [2.05, 4.69) is 25.8 Å². The van der Waals surface area contributed by atoms with E-state index in [1.54, 1.807) is 25.3 Å². The van der Waals surface area contributed by atoms with Crippen molar-refractivity contribution in [1.29, 1.82) is 5.26 Å². The number of nitriles is 1. The van der Waals surface area contributed by atoms with Crippen LogP contribution in [0.15, 0.2) is 67.0 Å². The van der Waals surface area contributed by atoms with Crippen LogP contribution in [0.25, 0.3) is 11.1 Å². The maximum Gasteiger partial charge on any atom is 0.255 e. The van der Waals surface area contributed by atoms with Crippen molar-refractivity contribution in [3.05, 3.63) is 95.1 Å². The fourth-order valence-corrected chi connectivity index (χ4v) is 3.46. The quantitative estimate of drug-likeness (QED) is 0.331. The number of halogens is 1. The average molecular weight is 455 g/mol. The summed E-state index contributed by atoms with van der Waals surface area (Å²) in [6, 6.07) is 16.8. The van der Waals surface area contributed by atoms with E-state index in [9.17, 15) is 14.4 Å². The maximum absolute atomic E-state index is 13.2. The molecule has 0 fully saturated rings. The zero-order valence-electron chi connectivity index (χ0n) is 18.3. The van der Waals surface area contributed by atoms with Crippen molar-refractivity contribution in [3.8, 4) is 17.2 Å². The van der Waals surface area contributed by atoms with Crippen LogP contribution in [0.3, 0.4) is 0 Å². The van der Waals surface area contributed by atoms with E-state index in [0.29, 0.717) is 18.2 Å². The van der Waals surface area contributed by atoms with E-state index >= 15 is 0 Å². The number of carbonyl (C=O) groups excluding carboxylic acids is 1. The van der Waals surface area contributed by atoms with E-state index in [1.807, 2.05) is 30.3 Å². The molecule has 8 nitrogen and oxygen atoms in total. The summed E-state index contributed by atoms with van der Waals surface area (Å²) in [5.74, 6) is 0.111. The first-order valence-corrected chi connectivity index (χ1v) is 10.5. The lowest BCUT2D eigenvalue weighted by molar-refractivity contribution is 0.0940. The van der Waals surface area contributed by atoms with Gasteiger partial charge >= 0.3 is 0 Å². The van der Waals surface area contributed by atoms with E-state index in [-0.39, 0.29) is 23.0 Å². The molecule has 5 N–H and O–H groups in total. The topological polar surface area (TPSA) is 133 Å². The largest absolute Gasteiger partial charge is 0.384 e. The minimum Gasteiger partial charge on any atom is -0.384 e. The first-order chi connectivity index (χ1) is 16.4. The van der Waals surface area contributed by atoms with Crippen LogP contribution in [0.1, 0.15) is 40.0 Å². The van der Waals surface area contributed by atoms with Crippen molar-refractivity contribution in [2.75, 3.05) is 11.1 Å². The fourth-order valence-electron chi connectivity index (χ4n) is 3.46. The van der Waals surface area contributed by atoms with Crippen molar-refractivity contribution in [1.82, 2.24) is 20.5 Å². The summed E-state index contributed by atoms with van der Waals surface area (Å²) in [7, 11) is 0. The number of amides is 1. The van der Waals surface area contributed by atoms with Crippen molar-refractivity contribution < 1.29 is 9.18 Å². The second kappa shape index (κ2) is 9.83. The van der Waals surface area contributed by atoms with Gasteiger partial charge < -0.3 is 16.4 Å². The van der Waals surface area contributed by atoms with Crippen molar-refractivity contribution in [2.45, 2.75) is 19.5 Å². The van der Waals surface area contributed by atoms with Gasteiger partial charge in [-0.2, -0.15) is 10.4 Å². The molecule has 9 heteroatoms. The van der Waals surface area contributed by atoms with Gasteiger partial charge in [0.15, 0.2) is 0 Å². The lowest BCUT2D eigenvalue weighted by atomic mass is 10.1. The molecule has 1 atom stereocenters. The van der Waals surface area contributed by atoms with Crippen LogP contribution in [0.2, 0.25) is 0 Å². The van der Waals surface area contributed by atoms with E-state index in [0.717, 1.165) is 22.3 Å². The molecule has 170 valence electrons. The highest BCUT2D eigenvalue weighted by molar-refractivity contribution is 5.99. The SMILES string of the molecule is CC(NC(=O)c1cc(C#N)cnc1NCc1ccc(-c2cn[nH]c2N)cc1)c1ccc(F)cc1. The third kappa shape index (κ3) is 5.02. The van der Waals surface area contributed by atoms with Crippen molar-refractivity contribution >= 4 is 17.5 Å². The number of nitrogen functional groups attached to an aromatic ring is 1. The number of nitrogens with one attached hydrogen (secondary N) is 3. The van der Waals surface area contributed by atoms with Crippen LogP contribution in [0.4, 0.5) is 16.0 Å². The van der Waals surface area contributed by atoms with Crippen LogP contribution in [0.5, 0.6) is 0 Å². The van der Waals surface area contributed by atoms with Gasteiger partial charge in [-0.05, 0) is 41.8 Å². The monoisotopic (exact) mass is 455 g/mol. The summed E-state index contributed by atoms with van der Waals surface area (Å²) in [5, 5.41) is 22.0. The molecule has 1 amide bonds. The maximum atomic E-state index is 13.2. The molecule has 0 saturated heterocycles. The van der Waals surface area contributed by atoms with E-state index in [1.165, 1.54) is 24.4 Å². The highest BCUT2D eigenvalue weighted by atomic mass is 19.1. The number of nitrogens with zero attached hydrogens (tertiary/aromatic N) is 3. The Bertz CT molecular complexity index is 1340. The Morgan fingerprint density at radius 2 is 1.91 bits per heavy atom. The highest BCUT2D eigenvalue weighted by Gasteiger charge is 2.17. The lowest BCUT2D eigenvalue weighted by Gasteiger charge is -2.16. The minimum atomic E-state index is -0.394. The molecule has 0 spiro atoms. The lowest BCUT2D eigenvalue weighted by Crippen LogP contribution is -2.28. The Kier molecular flexibility index (Phi) is 6.50. The van der Waals surface area contributed by atoms with Crippen LogP contribution in [-0.2, 0) is 6.54 Å². The molecule has 0 aliphatic heterocycles. The van der Waals surface area contributed by atoms with Gasteiger partial charge in [0.25, 0.3) is 5.91 Å². The number of anilines is 2. The first kappa shape index (κ1) is 22.5. The number of aromatic amines is 1. The van der Waals surface area contributed by atoms with E-state index in [4.69, 9.17) is 5.73 Å². The van der Waals surface area contributed by atoms with Gasteiger partial charge in [-0.1, -0.05) is 36.4 Å². The number of aromatic nitrogens is 3. The standard InChI is InChI=1S/C25H22FN7O/c1-15(18-6-8-20(26)9-7-18)32-25(34)21-10-17(11-27)13-30-24(21)29-12-16-2-4-19(5-3-16)22-14-31-33-23(22)28/h2-10,13-15H,12H2,1H3,(H,29,30)(H,32,34)(H3,28,31,33). The summed E-state index contributed by atoms with van der Waals surface area (Å²) >= 11 is 0. The first-order valence-electron chi connectivity index (χ1n) is 10.5. The van der Waals surface area contributed by atoms with Crippen LogP contribution < -0.4 is 16.4 Å². The van der Waals surface area contributed by atoms with Crippen molar-refractivity contribution in [2.24, 2.45) is 0 Å². The van der Waals surface area contributed by atoms with Crippen LogP contribution in [0, 0.1) is 17.1 Å². The molecule has 0 saturated carbocycles. The van der Waals surface area contributed by atoms with Crippen LogP contribution >= 0.6 is 0 Å². The zero-order chi connectivity index (χ0) is 24.1. The number of carbonyl (C=O) groups is 1. The average Bonchev–Trinajstić information content (AvgIpc) is 3.29. The number of nitrogens with two attached hydrogens (primary N) is 1. The Morgan fingerprint density at radius 3 is 2.56 bits per heavy atom. The number of hydrogen-bond donors (Lipinski definition) is 4. The van der Waals surface area contributed by atoms with Gasteiger partial charge in [0, 0.05) is 18.3 Å². The normalized spacial score (nSPS) is 11.4. The molecule has 34 heavy (non-hydrogen) atoms. The Morgan fingerprint density at radius 1 is 1.18 bits per heavy atom. The second-order valence-electron chi connectivity index (χ2n) is 7.73. The van der Waals surface area contributed by atoms with Gasteiger partial charge in [0.1, 0.15) is 23.5 Å². The molecule has 4 rings (SSSR count). The third-order valence-corrected chi connectivity index (χ3v) is 5.37. The molecule has 0 aliphatic rings. The zero-order valence-corrected chi connectivity index (χ0v) is 18.3. The summed E-state index contributed by atoms with van der Waals surface area (Å²) in [4.78, 5) is 17.3.